The summed E-state index contributed by atoms with van der Waals surface area (Å²) in [6, 6.07) is 29.0. The highest BCUT2D eigenvalue weighted by atomic mass is 32.1. The number of ether oxygens (including phenoxy) is 2. The highest BCUT2D eigenvalue weighted by Gasteiger charge is 2.48. The summed E-state index contributed by atoms with van der Waals surface area (Å²) in [6.45, 7) is 4.92. The van der Waals surface area contributed by atoms with Crippen molar-refractivity contribution in [2.45, 2.75) is 32.9 Å². The molecule has 0 saturated carbocycles. The molecular formula is C35H30N2O5S. The summed E-state index contributed by atoms with van der Waals surface area (Å²) in [5.74, 6) is -0.583. The quantitative estimate of drug-likeness (QED) is 0.108. The first-order chi connectivity index (χ1) is 20.9. The molecule has 1 aliphatic heterocycles. The normalized spacial score (nSPS) is 16.1. The molecule has 8 heteroatoms. The maximum Gasteiger partial charge on any atom is 0.301 e. The van der Waals surface area contributed by atoms with Gasteiger partial charge in [0.1, 0.15) is 23.9 Å². The third kappa shape index (κ3) is 5.74. The number of carbonyl (C=O) groups is 2. The Morgan fingerprint density at radius 1 is 0.907 bits per heavy atom. The molecule has 1 aliphatic rings. The predicted octanol–water partition coefficient (Wildman–Crippen LogP) is 7.60. The molecule has 1 aromatic heterocycles. The van der Waals surface area contributed by atoms with Crippen molar-refractivity contribution in [1.29, 1.82) is 0 Å². The van der Waals surface area contributed by atoms with Gasteiger partial charge in [-0.1, -0.05) is 78.9 Å². The molecule has 5 aromatic rings. The number of thiazole rings is 1. The minimum Gasteiger partial charge on any atom is -0.507 e. The summed E-state index contributed by atoms with van der Waals surface area (Å²) in [6.07, 6.45) is 0.827. The Labute approximate surface area is 253 Å². The molecule has 1 N–H and O–H groups in total. The van der Waals surface area contributed by atoms with E-state index in [-0.39, 0.29) is 11.3 Å². The second-order valence-corrected chi connectivity index (χ2v) is 11.4. The lowest BCUT2D eigenvalue weighted by Gasteiger charge is -2.23. The average molecular weight is 591 g/mol. The van der Waals surface area contributed by atoms with Crippen LogP contribution in [0.25, 0.3) is 16.0 Å². The average Bonchev–Trinajstić information content (AvgIpc) is 3.56. The molecule has 1 amide bonds. The molecule has 0 aliphatic carbocycles. The molecule has 0 bridgehead atoms. The number of aliphatic hydroxyl groups is 1. The van der Waals surface area contributed by atoms with Crippen molar-refractivity contribution in [2.75, 3.05) is 11.5 Å². The van der Waals surface area contributed by atoms with E-state index in [1.54, 1.807) is 36.4 Å². The zero-order valence-corrected chi connectivity index (χ0v) is 24.6. The van der Waals surface area contributed by atoms with Gasteiger partial charge in [-0.25, -0.2) is 4.98 Å². The van der Waals surface area contributed by atoms with Crippen molar-refractivity contribution in [3.8, 4) is 11.5 Å². The summed E-state index contributed by atoms with van der Waals surface area (Å²) in [4.78, 5) is 33.4. The molecule has 1 saturated heterocycles. The molecule has 7 nitrogen and oxygen atoms in total. The first-order valence-electron chi connectivity index (χ1n) is 14.1. The topological polar surface area (TPSA) is 89.0 Å². The molecular weight excluding hydrogens is 560 g/mol. The number of anilines is 1. The van der Waals surface area contributed by atoms with Crippen LogP contribution in [0.1, 0.15) is 41.6 Å². The van der Waals surface area contributed by atoms with Gasteiger partial charge in [0.2, 0.25) is 0 Å². The summed E-state index contributed by atoms with van der Waals surface area (Å²) < 4.78 is 12.6. The van der Waals surface area contributed by atoms with Crippen molar-refractivity contribution in [3.05, 3.63) is 125 Å². The monoisotopic (exact) mass is 590 g/mol. The Morgan fingerprint density at radius 2 is 1.70 bits per heavy atom. The Kier molecular flexibility index (Phi) is 7.94. The number of benzene rings is 4. The van der Waals surface area contributed by atoms with E-state index in [2.05, 4.69) is 0 Å². The van der Waals surface area contributed by atoms with E-state index in [1.807, 2.05) is 74.5 Å². The van der Waals surface area contributed by atoms with Gasteiger partial charge in [0, 0.05) is 5.56 Å². The molecule has 43 heavy (non-hydrogen) atoms. The fourth-order valence-corrected chi connectivity index (χ4v) is 6.15. The fourth-order valence-electron chi connectivity index (χ4n) is 5.06. The van der Waals surface area contributed by atoms with E-state index < -0.39 is 17.7 Å². The van der Waals surface area contributed by atoms with Crippen LogP contribution >= 0.6 is 11.3 Å². The smallest absolute Gasteiger partial charge is 0.301 e. The lowest BCUT2D eigenvalue weighted by molar-refractivity contribution is -0.132. The standard InChI is InChI=1S/C35H30N2O5S/c1-3-18-41-27-11-7-10-25(20-27)32(38)30-31(24-13-15-26(16-14-24)42-21-23-8-5-4-6-9-23)37(34(40)33(30)39)35-36-28-17-12-22(2)19-29(28)43-35/h4-17,19-20,31,38H,3,18,21H2,1-2H3/b32-30+. The number of ketones is 1. The van der Waals surface area contributed by atoms with Crippen molar-refractivity contribution < 1.29 is 24.2 Å². The zero-order chi connectivity index (χ0) is 29.9. The summed E-state index contributed by atoms with van der Waals surface area (Å²) >= 11 is 1.34. The van der Waals surface area contributed by atoms with Crippen LogP contribution in [-0.4, -0.2) is 28.4 Å². The van der Waals surface area contributed by atoms with Crippen molar-refractivity contribution in [1.82, 2.24) is 4.98 Å². The van der Waals surface area contributed by atoms with E-state index in [0.29, 0.717) is 41.0 Å². The molecule has 2 heterocycles. The van der Waals surface area contributed by atoms with Crippen LogP contribution in [-0.2, 0) is 16.2 Å². The number of hydrogen-bond donors (Lipinski definition) is 1. The van der Waals surface area contributed by atoms with E-state index in [4.69, 9.17) is 14.5 Å². The largest absolute Gasteiger partial charge is 0.507 e. The second-order valence-electron chi connectivity index (χ2n) is 10.4. The molecule has 1 unspecified atom stereocenters. The van der Waals surface area contributed by atoms with E-state index >= 15 is 0 Å². The van der Waals surface area contributed by atoms with Crippen LogP contribution in [0.4, 0.5) is 5.13 Å². The molecule has 4 aromatic carbocycles. The van der Waals surface area contributed by atoms with Crippen LogP contribution in [0.2, 0.25) is 0 Å². The van der Waals surface area contributed by atoms with Crippen LogP contribution < -0.4 is 14.4 Å². The number of hydrogen-bond acceptors (Lipinski definition) is 7. The minimum atomic E-state index is -0.898. The maximum absolute atomic E-state index is 13.7. The number of rotatable bonds is 9. The summed E-state index contributed by atoms with van der Waals surface area (Å²) in [5.41, 5.74) is 3.86. The number of aromatic nitrogens is 1. The third-order valence-corrected chi connectivity index (χ3v) is 8.23. The molecule has 1 atom stereocenters. The summed E-state index contributed by atoms with van der Waals surface area (Å²) in [5, 5.41) is 12.0. The Bertz CT molecular complexity index is 1830. The number of fused-ring (bicyclic) bond motifs is 1. The van der Waals surface area contributed by atoms with Crippen molar-refractivity contribution in [2.24, 2.45) is 0 Å². The number of Topliss-reactive ketones (excluding diaryl/α,β-unsaturated/α-hetero) is 1. The van der Waals surface area contributed by atoms with Gasteiger partial charge in [0.15, 0.2) is 5.13 Å². The molecule has 1 fully saturated rings. The van der Waals surface area contributed by atoms with Gasteiger partial charge in [-0.05, 0) is 66.4 Å². The van der Waals surface area contributed by atoms with Gasteiger partial charge in [-0.2, -0.15) is 0 Å². The van der Waals surface area contributed by atoms with E-state index in [1.165, 1.54) is 16.2 Å². The third-order valence-electron chi connectivity index (χ3n) is 7.21. The van der Waals surface area contributed by atoms with Gasteiger partial charge >= 0.3 is 5.91 Å². The fraction of sp³-hybridized carbons (Fsp3) is 0.171. The minimum absolute atomic E-state index is 0.00830. The zero-order valence-electron chi connectivity index (χ0n) is 23.8. The van der Waals surface area contributed by atoms with Crippen molar-refractivity contribution in [3.63, 3.8) is 0 Å². The SMILES string of the molecule is CCCOc1cccc(/C(O)=C2\C(=O)C(=O)N(c3nc4ccc(C)cc4s3)C2c2ccc(OCc3ccccc3)cc2)c1. The highest BCUT2D eigenvalue weighted by Crippen LogP contribution is 2.44. The van der Waals surface area contributed by atoms with Gasteiger partial charge in [-0.15, -0.1) is 0 Å². The molecule has 0 radical (unpaired) electrons. The lowest BCUT2D eigenvalue weighted by Crippen LogP contribution is -2.29. The second kappa shape index (κ2) is 12.1. The molecule has 6 rings (SSSR count). The number of amides is 1. The van der Waals surface area contributed by atoms with Gasteiger partial charge in [-0.3, -0.25) is 14.5 Å². The highest BCUT2D eigenvalue weighted by molar-refractivity contribution is 7.22. The number of carbonyl (C=O) groups excluding carboxylic acids is 2. The Hall–Kier alpha value is -4.95. The van der Waals surface area contributed by atoms with Crippen LogP contribution in [0.5, 0.6) is 11.5 Å². The molecule has 0 spiro atoms. The van der Waals surface area contributed by atoms with Crippen LogP contribution in [0, 0.1) is 6.92 Å². The maximum atomic E-state index is 13.7. The van der Waals surface area contributed by atoms with Gasteiger partial charge in [0.25, 0.3) is 5.78 Å². The van der Waals surface area contributed by atoms with Gasteiger partial charge in [0.05, 0.1) is 28.4 Å². The predicted molar refractivity (Wildman–Crippen MR) is 169 cm³/mol. The van der Waals surface area contributed by atoms with Crippen molar-refractivity contribution >= 4 is 44.1 Å². The summed E-state index contributed by atoms with van der Waals surface area (Å²) in [7, 11) is 0. The van der Waals surface area contributed by atoms with Crippen LogP contribution in [0.3, 0.4) is 0 Å². The Morgan fingerprint density at radius 3 is 2.47 bits per heavy atom. The molecule has 216 valence electrons. The first-order valence-corrected chi connectivity index (χ1v) is 14.9. The number of nitrogens with zero attached hydrogens (tertiary/aromatic N) is 2. The lowest BCUT2D eigenvalue weighted by atomic mass is 9.95. The first kappa shape index (κ1) is 28.2. The van der Waals surface area contributed by atoms with E-state index in [9.17, 15) is 14.7 Å². The number of aliphatic hydroxyl groups excluding tert-OH is 1. The Balaban J connectivity index is 1.42. The number of aryl methyl sites for hydroxylation is 1. The van der Waals surface area contributed by atoms with E-state index in [0.717, 1.165) is 27.8 Å². The van der Waals surface area contributed by atoms with Gasteiger partial charge < -0.3 is 14.6 Å². The van der Waals surface area contributed by atoms with Crippen LogP contribution in [0.15, 0.2) is 103 Å².